The van der Waals surface area contributed by atoms with Gasteiger partial charge in [-0.2, -0.15) is 0 Å². The van der Waals surface area contributed by atoms with E-state index < -0.39 is 0 Å². The van der Waals surface area contributed by atoms with E-state index in [0.717, 1.165) is 33.0 Å². The molecule has 2 rings (SSSR count). The summed E-state index contributed by atoms with van der Waals surface area (Å²) >= 11 is 10.4. The van der Waals surface area contributed by atoms with Crippen LogP contribution in [0, 0.1) is 5.92 Å². The van der Waals surface area contributed by atoms with Crippen molar-refractivity contribution in [3.63, 3.8) is 0 Å². The van der Waals surface area contributed by atoms with E-state index in [1.807, 2.05) is 18.2 Å². The summed E-state index contributed by atoms with van der Waals surface area (Å²) in [5.74, 6) is 0.764. The number of hydrogen-bond acceptors (Lipinski definition) is 1. The molecule has 0 spiro atoms. The number of carbonyl (C=O) groups is 1. The van der Waals surface area contributed by atoms with Crippen LogP contribution in [-0.4, -0.2) is 16.8 Å². The third-order valence-electron chi connectivity index (χ3n) is 3.99. The highest BCUT2D eigenvalue weighted by molar-refractivity contribution is 9.11. The largest absolute Gasteiger partial charge is 0.346 e. The lowest BCUT2D eigenvalue weighted by Crippen LogP contribution is -2.52. The first-order valence-corrected chi connectivity index (χ1v) is 9.49. The number of amides is 1. The third kappa shape index (κ3) is 4.08. The van der Waals surface area contributed by atoms with Crippen molar-refractivity contribution in [2.75, 3.05) is 5.33 Å². The molecular formula is C15H18Br3NO. The fourth-order valence-electron chi connectivity index (χ4n) is 2.60. The van der Waals surface area contributed by atoms with Crippen LogP contribution >= 0.6 is 47.8 Å². The summed E-state index contributed by atoms with van der Waals surface area (Å²) < 4.78 is 1.81. The quantitative estimate of drug-likeness (QED) is 0.601. The first kappa shape index (κ1) is 16.5. The zero-order chi connectivity index (χ0) is 14.8. The van der Waals surface area contributed by atoms with Crippen LogP contribution in [-0.2, 0) is 0 Å². The summed E-state index contributed by atoms with van der Waals surface area (Å²) in [7, 11) is 0. The zero-order valence-corrected chi connectivity index (χ0v) is 16.1. The van der Waals surface area contributed by atoms with Gasteiger partial charge >= 0.3 is 0 Å². The molecule has 1 amide bonds. The molecule has 110 valence electrons. The summed E-state index contributed by atoms with van der Waals surface area (Å²) in [4.78, 5) is 12.5. The van der Waals surface area contributed by atoms with E-state index in [1.165, 1.54) is 12.8 Å². The monoisotopic (exact) mass is 465 g/mol. The minimum Gasteiger partial charge on any atom is -0.346 e. The number of alkyl halides is 1. The number of benzene rings is 1. The Morgan fingerprint density at radius 2 is 1.80 bits per heavy atom. The van der Waals surface area contributed by atoms with Gasteiger partial charge in [0.2, 0.25) is 0 Å². The molecule has 1 N–H and O–H groups in total. The van der Waals surface area contributed by atoms with Crippen molar-refractivity contribution >= 4 is 53.7 Å². The first-order valence-electron chi connectivity index (χ1n) is 6.79. The standard InChI is InChI=1S/C15H18Br3NO/c1-10-2-4-15(9-16,5-3-10)19-14(20)11-6-12(17)8-13(18)7-11/h6-8,10H,2-5,9H2,1H3,(H,19,20). The molecule has 0 atom stereocenters. The van der Waals surface area contributed by atoms with Crippen LogP contribution in [0.3, 0.4) is 0 Å². The summed E-state index contributed by atoms with van der Waals surface area (Å²) in [5, 5.41) is 4.06. The molecule has 1 aromatic carbocycles. The molecule has 0 saturated heterocycles. The van der Waals surface area contributed by atoms with Gasteiger partial charge in [-0.25, -0.2) is 0 Å². The smallest absolute Gasteiger partial charge is 0.251 e. The Morgan fingerprint density at radius 3 is 2.30 bits per heavy atom. The number of rotatable bonds is 3. The van der Waals surface area contributed by atoms with Crippen LogP contribution in [0.25, 0.3) is 0 Å². The Balaban J connectivity index is 2.13. The van der Waals surface area contributed by atoms with E-state index in [-0.39, 0.29) is 11.4 Å². The van der Waals surface area contributed by atoms with Crippen molar-refractivity contribution in [3.8, 4) is 0 Å². The molecule has 0 heterocycles. The van der Waals surface area contributed by atoms with E-state index in [0.29, 0.717) is 5.56 Å². The minimum absolute atomic E-state index is 0.000929. The van der Waals surface area contributed by atoms with Crippen LogP contribution in [0.1, 0.15) is 43.0 Å². The molecule has 0 aliphatic heterocycles. The Morgan fingerprint density at radius 1 is 1.25 bits per heavy atom. The predicted molar refractivity (Wildman–Crippen MR) is 93.5 cm³/mol. The predicted octanol–water partition coefficient (Wildman–Crippen LogP) is 5.29. The van der Waals surface area contributed by atoms with Crippen molar-refractivity contribution in [2.24, 2.45) is 5.92 Å². The molecule has 1 aliphatic carbocycles. The van der Waals surface area contributed by atoms with Gasteiger partial charge in [0.05, 0.1) is 5.54 Å². The molecule has 0 radical (unpaired) electrons. The molecule has 2 nitrogen and oxygen atoms in total. The van der Waals surface area contributed by atoms with Crippen molar-refractivity contribution in [1.29, 1.82) is 0 Å². The molecule has 0 bridgehead atoms. The minimum atomic E-state index is -0.0988. The van der Waals surface area contributed by atoms with Crippen molar-refractivity contribution < 1.29 is 4.79 Å². The lowest BCUT2D eigenvalue weighted by Gasteiger charge is -2.39. The van der Waals surface area contributed by atoms with E-state index in [1.54, 1.807) is 0 Å². The van der Waals surface area contributed by atoms with Gasteiger partial charge in [-0.1, -0.05) is 54.7 Å². The second kappa shape index (κ2) is 6.93. The molecule has 1 fully saturated rings. The van der Waals surface area contributed by atoms with Crippen molar-refractivity contribution in [1.82, 2.24) is 5.32 Å². The highest BCUT2D eigenvalue weighted by Gasteiger charge is 2.34. The van der Waals surface area contributed by atoms with E-state index >= 15 is 0 Å². The molecule has 0 unspecified atom stereocenters. The summed E-state index contributed by atoms with van der Waals surface area (Å²) in [6, 6.07) is 5.64. The molecule has 1 aromatic rings. The van der Waals surface area contributed by atoms with Crippen LogP contribution in [0.4, 0.5) is 0 Å². The molecule has 0 aromatic heterocycles. The van der Waals surface area contributed by atoms with E-state index in [2.05, 4.69) is 60.0 Å². The normalized spacial score (nSPS) is 26.3. The van der Waals surface area contributed by atoms with Gasteiger partial charge < -0.3 is 5.32 Å². The van der Waals surface area contributed by atoms with Crippen LogP contribution in [0.5, 0.6) is 0 Å². The average Bonchev–Trinajstić information content (AvgIpc) is 2.40. The van der Waals surface area contributed by atoms with Gasteiger partial charge in [0, 0.05) is 19.8 Å². The van der Waals surface area contributed by atoms with Gasteiger partial charge in [-0.05, 0) is 49.8 Å². The van der Waals surface area contributed by atoms with Crippen molar-refractivity contribution in [2.45, 2.75) is 38.1 Å². The van der Waals surface area contributed by atoms with Crippen molar-refractivity contribution in [3.05, 3.63) is 32.7 Å². The van der Waals surface area contributed by atoms with Crippen LogP contribution in [0.2, 0.25) is 0 Å². The Kier molecular flexibility index (Phi) is 5.71. The second-order valence-electron chi connectivity index (χ2n) is 5.71. The topological polar surface area (TPSA) is 29.1 Å². The van der Waals surface area contributed by atoms with E-state index in [9.17, 15) is 4.79 Å². The number of hydrogen-bond donors (Lipinski definition) is 1. The van der Waals surface area contributed by atoms with Gasteiger partial charge in [0.15, 0.2) is 0 Å². The maximum atomic E-state index is 12.5. The van der Waals surface area contributed by atoms with Crippen LogP contribution in [0.15, 0.2) is 27.1 Å². The molecular weight excluding hydrogens is 450 g/mol. The zero-order valence-electron chi connectivity index (χ0n) is 11.4. The Hall–Kier alpha value is 0.130. The molecule has 5 heteroatoms. The third-order valence-corrected chi connectivity index (χ3v) is 5.98. The summed E-state index contributed by atoms with van der Waals surface area (Å²) in [5.41, 5.74) is 0.587. The highest BCUT2D eigenvalue weighted by Crippen LogP contribution is 2.33. The molecule has 20 heavy (non-hydrogen) atoms. The fraction of sp³-hybridized carbons (Fsp3) is 0.533. The second-order valence-corrected chi connectivity index (χ2v) is 8.10. The number of nitrogens with one attached hydrogen (secondary N) is 1. The lowest BCUT2D eigenvalue weighted by molar-refractivity contribution is 0.0874. The first-order chi connectivity index (χ1) is 9.44. The highest BCUT2D eigenvalue weighted by atomic mass is 79.9. The number of carbonyl (C=O) groups excluding carboxylic acids is 1. The van der Waals surface area contributed by atoms with Gasteiger partial charge in [0.1, 0.15) is 0 Å². The lowest BCUT2D eigenvalue weighted by atomic mass is 9.78. The van der Waals surface area contributed by atoms with Gasteiger partial charge in [-0.15, -0.1) is 0 Å². The average molecular weight is 468 g/mol. The fourth-order valence-corrected chi connectivity index (χ4v) is 4.60. The van der Waals surface area contributed by atoms with Crippen LogP contribution < -0.4 is 5.32 Å². The molecule has 1 saturated carbocycles. The summed E-state index contributed by atoms with van der Waals surface area (Å²) in [6.45, 7) is 2.28. The maximum absolute atomic E-state index is 12.5. The van der Waals surface area contributed by atoms with E-state index in [4.69, 9.17) is 0 Å². The maximum Gasteiger partial charge on any atom is 0.251 e. The molecule has 1 aliphatic rings. The Labute approximate surface area is 145 Å². The van der Waals surface area contributed by atoms with Gasteiger partial charge in [-0.3, -0.25) is 4.79 Å². The Bertz CT molecular complexity index is 476. The number of halogens is 3. The van der Waals surface area contributed by atoms with Gasteiger partial charge in [0.25, 0.3) is 5.91 Å². The summed E-state index contributed by atoms with van der Waals surface area (Å²) in [6.07, 6.45) is 4.43. The SMILES string of the molecule is CC1CCC(CBr)(NC(=O)c2cc(Br)cc(Br)c2)CC1.